The Hall–Kier alpha value is -13.0. The number of aromatic nitrogens is 10. The van der Waals surface area contributed by atoms with Crippen LogP contribution in [0, 0.1) is 0 Å². The number of nitrogens with zero attached hydrogens (tertiary/aromatic N) is 10. The standard InChI is InChI=1S/C56H34N6.C26H25BN2O2.C16H8Br2N2/c1-5-13-35(14-6-1)51-53(37-17-9-3-10-18-37)61-49-33-41(23-27-47(49)59-51)39-21-25-43-45(31-39)46-32-40(22-26-44(46)56-55(43)57-29-30-58-56)42-24-28-48-50(34-42)62-54(38-19-11-4-12-20-38)52(60-48)36-15-7-2-8-16-36;1-25(2)26(3,4)31-27(30-25)20-15-16-21-22(17-20)29-24(19-13-9-6-10-14-19)23(28-21)18-11-7-5-8-12-18;17-9-1-3-11-13(7-9)14-8-10(18)2-4-12(14)16-15(11)19-5-6-20-16/h1-34H;5-17H,1-4H3;1-8H. The molecule has 0 N–H and O–H groups in total. The summed E-state index contributed by atoms with van der Waals surface area (Å²) in [5, 5.41) is 8.92. The molecule has 6 heterocycles. The van der Waals surface area contributed by atoms with Crippen molar-refractivity contribution in [1.29, 1.82) is 0 Å². The van der Waals surface area contributed by atoms with E-state index in [1.54, 1.807) is 24.8 Å². The van der Waals surface area contributed by atoms with Gasteiger partial charge in [-0.1, -0.05) is 268 Å². The minimum absolute atomic E-state index is 0.384. The summed E-state index contributed by atoms with van der Waals surface area (Å²) in [4.78, 5) is 49.8. The lowest BCUT2D eigenvalue weighted by atomic mass is 9.79. The van der Waals surface area contributed by atoms with E-state index >= 15 is 0 Å². The number of hydrogen-bond donors (Lipinski definition) is 0. The van der Waals surface area contributed by atoms with Crippen LogP contribution in [-0.2, 0) is 9.31 Å². The molecule has 1 fully saturated rings. The number of benzene rings is 15. The second-order valence-electron chi connectivity index (χ2n) is 29.1. The molecule has 0 spiro atoms. The van der Waals surface area contributed by atoms with Crippen molar-refractivity contribution in [2.24, 2.45) is 0 Å². The Bertz CT molecular complexity index is 6760. The Morgan fingerprint density at radius 2 is 0.478 bits per heavy atom. The minimum atomic E-state index is -0.426. The van der Waals surface area contributed by atoms with E-state index in [1.807, 2.05) is 140 Å². The summed E-state index contributed by atoms with van der Waals surface area (Å²) >= 11 is 7.11. The van der Waals surface area contributed by atoms with Crippen LogP contribution in [0.4, 0.5) is 0 Å². The van der Waals surface area contributed by atoms with E-state index in [-0.39, 0.29) is 11.2 Å². The normalized spacial score (nSPS) is 13.1. The van der Waals surface area contributed by atoms with Crippen LogP contribution in [0.5, 0.6) is 0 Å². The van der Waals surface area contributed by atoms with Gasteiger partial charge >= 0.3 is 7.12 Å². The zero-order valence-electron chi connectivity index (χ0n) is 61.9. The first kappa shape index (κ1) is 70.4. The van der Waals surface area contributed by atoms with Crippen LogP contribution < -0.4 is 5.46 Å². The third-order valence-corrected chi connectivity index (χ3v) is 22.5. The van der Waals surface area contributed by atoms with Gasteiger partial charge in [-0.15, -0.1) is 0 Å². The molecule has 12 nitrogen and oxygen atoms in total. The highest BCUT2D eigenvalue weighted by Crippen LogP contribution is 2.43. The predicted molar refractivity (Wildman–Crippen MR) is 469 cm³/mol. The first-order valence-electron chi connectivity index (χ1n) is 37.5. The van der Waals surface area contributed by atoms with E-state index < -0.39 is 7.12 Å². The van der Waals surface area contributed by atoms with Gasteiger partial charge in [0, 0.05) is 88.7 Å². The molecule has 1 aliphatic heterocycles. The van der Waals surface area contributed by atoms with E-state index in [4.69, 9.17) is 49.2 Å². The molecule has 0 amide bonds. The molecule has 538 valence electrons. The van der Waals surface area contributed by atoms with Crippen molar-refractivity contribution in [2.75, 3.05) is 0 Å². The SMILES string of the molecule is Brc1ccc2c(c1)c1cc(Br)ccc1c1nccnc21.CC1(C)OB(c2ccc3nc(-c4ccccc4)c(-c4ccccc4)nc3c2)OC1(C)C.c1ccc(-c2nc3ccc(-c4ccc5c(c4)c4cc(-c6ccc7nc(-c8ccccc8)c(-c8ccccc8)nc7c6)ccc4c4nccnc54)cc3nc2-c2ccccc2)cc1. The zero-order valence-corrected chi connectivity index (χ0v) is 65.0. The van der Waals surface area contributed by atoms with Crippen LogP contribution in [-0.4, -0.2) is 68.2 Å². The number of halogens is 2. The maximum atomic E-state index is 6.24. The van der Waals surface area contributed by atoms with Gasteiger partial charge in [0.2, 0.25) is 0 Å². The van der Waals surface area contributed by atoms with Gasteiger partial charge in [0.25, 0.3) is 0 Å². The van der Waals surface area contributed by atoms with Crippen molar-refractivity contribution in [3.05, 3.63) is 343 Å². The minimum Gasteiger partial charge on any atom is -0.399 e. The molecule has 20 aromatic rings. The Morgan fingerprint density at radius 3 is 0.788 bits per heavy atom. The van der Waals surface area contributed by atoms with E-state index in [0.717, 1.165) is 192 Å². The van der Waals surface area contributed by atoms with Crippen LogP contribution in [0.25, 0.3) is 188 Å². The predicted octanol–water partition coefficient (Wildman–Crippen LogP) is 24.5. The molecule has 0 unspecified atom stereocenters. The average molecular weight is 1590 g/mol. The fraction of sp³-hybridized carbons (Fsp3) is 0.0612. The molecule has 1 saturated heterocycles. The largest absolute Gasteiger partial charge is 0.494 e. The molecule has 1 aliphatic rings. The van der Waals surface area contributed by atoms with E-state index in [9.17, 15) is 0 Å². The highest BCUT2D eigenvalue weighted by atomic mass is 79.9. The van der Waals surface area contributed by atoms with Crippen LogP contribution in [0.1, 0.15) is 27.7 Å². The maximum Gasteiger partial charge on any atom is 0.494 e. The van der Waals surface area contributed by atoms with Crippen molar-refractivity contribution < 1.29 is 9.31 Å². The molecule has 15 aromatic carbocycles. The summed E-state index contributed by atoms with van der Waals surface area (Å²) < 4.78 is 14.6. The lowest BCUT2D eigenvalue weighted by molar-refractivity contribution is 0.00578. The molecule has 21 rings (SSSR count). The van der Waals surface area contributed by atoms with E-state index in [1.165, 1.54) is 10.8 Å². The van der Waals surface area contributed by atoms with Crippen LogP contribution >= 0.6 is 31.9 Å². The lowest BCUT2D eigenvalue weighted by Crippen LogP contribution is -2.41. The number of fused-ring (bicyclic) bond motifs is 15. The van der Waals surface area contributed by atoms with E-state index in [0.29, 0.717) is 0 Å². The summed E-state index contributed by atoms with van der Waals surface area (Å²) in [6.07, 6.45) is 7.03. The molecule has 0 saturated carbocycles. The monoisotopic (exact) mass is 1580 g/mol. The molecule has 0 radical (unpaired) electrons. The first-order valence-corrected chi connectivity index (χ1v) is 39.0. The highest BCUT2D eigenvalue weighted by Gasteiger charge is 2.52. The Kier molecular flexibility index (Phi) is 18.3. The summed E-state index contributed by atoms with van der Waals surface area (Å²) in [6.45, 7) is 8.25. The van der Waals surface area contributed by atoms with Crippen LogP contribution in [0.2, 0.25) is 0 Å². The fourth-order valence-corrected chi connectivity index (χ4v) is 15.8. The second kappa shape index (κ2) is 29.3. The Labute approximate surface area is 668 Å². The highest BCUT2D eigenvalue weighted by molar-refractivity contribution is 9.10. The average Bonchev–Trinajstić information content (AvgIpc) is 1.31. The third-order valence-electron chi connectivity index (χ3n) is 21.5. The van der Waals surface area contributed by atoms with Crippen molar-refractivity contribution in [2.45, 2.75) is 38.9 Å². The Balaban J connectivity index is 0.000000138. The second-order valence-corrected chi connectivity index (χ2v) is 30.9. The molecule has 0 bridgehead atoms. The van der Waals surface area contributed by atoms with Gasteiger partial charge in [-0.05, 0) is 150 Å². The van der Waals surface area contributed by atoms with Crippen LogP contribution in [0.15, 0.2) is 343 Å². The van der Waals surface area contributed by atoms with Crippen molar-refractivity contribution in [3.63, 3.8) is 0 Å². The third kappa shape index (κ3) is 13.5. The van der Waals surface area contributed by atoms with Crippen molar-refractivity contribution >= 4 is 143 Å². The summed E-state index contributed by atoms with van der Waals surface area (Å²) in [5.74, 6) is 0. The van der Waals surface area contributed by atoms with Gasteiger partial charge in [0.1, 0.15) is 0 Å². The van der Waals surface area contributed by atoms with Gasteiger partial charge in [-0.3, -0.25) is 19.9 Å². The molecule has 0 aliphatic carbocycles. The molecule has 0 atom stereocenters. The topological polar surface area (TPSA) is 147 Å². The van der Waals surface area contributed by atoms with Crippen LogP contribution in [0.3, 0.4) is 0 Å². The quantitative estimate of drug-likeness (QED) is 0.100. The Morgan fingerprint density at radius 1 is 0.230 bits per heavy atom. The molecule has 113 heavy (non-hydrogen) atoms. The molecule has 15 heteroatoms. The van der Waals surface area contributed by atoms with Crippen molar-refractivity contribution in [3.8, 4) is 89.8 Å². The number of rotatable bonds is 9. The van der Waals surface area contributed by atoms with E-state index in [2.05, 4.69) is 239 Å². The first-order chi connectivity index (χ1) is 55.3. The van der Waals surface area contributed by atoms with Crippen molar-refractivity contribution in [1.82, 2.24) is 49.8 Å². The lowest BCUT2D eigenvalue weighted by Gasteiger charge is -2.32. The number of hydrogen-bond acceptors (Lipinski definition) is 12. The van der Waals surface area contributed by atoms with Gasteiger partial charge in [-0.2, -0.15) is 0 Å². The smallest absolute Gasteiger partial charge is 0.399 e. The molecule has 5 aromatic heterocycles. The molecular weight excluding hydrogens is 1520 g/mol. The molecular formula is C98H67BBr2N10O2. The van der Waals surface area contributed by atoms with Gasteiger partial charge in [0.05, 0.1) is 101 Å². The summed E-state index contributed by atoms with van der Waals surface area (Å²) in [5.41, 5.74) is 24.5. The van der Waals surface area contributed by atoms with Gasteiger partial charge in [-0.25, -0.2) is 29.9 Å². The summed E-state index contributed by atoms with van der Waals surface area (Å²) in [6, 6.07) is 106. The fourth-order valence-electron chi connectivity index (χ4n) is 15.1. The summed E-state index contributed by atoms with van der Waals surface area (Å²) in [7, 11) is -0.426. The van der Waals surface area contributed by atoms with Gasteiger partial charge in [0.15, 0.2) is 0 Å². The maximum absolute atomic E-state index is 6.24. The van der Waals surface area contributed by atoms with Gasteiger partial charge < -0.3 is 9.31 Å². The zero-order chi connectivity index (χ0) is 76.3.